The highest BCUT2D eigenvalue weighted by Gasteiger charge is 2.35. The van der Waals surface area contributed by atoms with Crippen molar-refractivity contribution in [3.63, 3.8) is 0 Å². The summed E-state index contributed by atoms with van der Waals surface area (Å²) >= 11 is 0. The summed E-state index contributed by atoms with van der Waals surface area (Å²) in [5.41, 5.74) is 0.166. The SMILES string of the molecule is CCCCOc1ccc(S(=O)(=O)N(CC(O)c2ccc(O)c(NS(C)(=O)=O)c2)C2CCNC2)cc1. The molecule has 0 aliphatic carbocycles. The molecular formula is C23H33N3O7S2. The van der Waals surface area contributed by atoms with Crippen LogP contribution in [0, 0.1) is 0 Å². The van der Waals surface area contributed by atoms with E-state index < -0.39 is 26.2 Å². The fraction of sp³-hybridized carbons (Fsp3) is 0.478. The lowest BCUT2D eigenvalue weighted by Gasteiger charge is -2.30. The number of ether oxygens (including phenoxy) is 1. The van der Waals surface area contributed by atoms with Crippen LogP contribution in [0.15, 0.2) is 47.4 Å². The molecule has 0 bridgehead atoms. The zero-order valence-electron chi connectivity index (χ0n) is 19.8. The molecule has 2 atom stereocenters. The van der Waals surface area contributed by atoms with Crippen LogP contribution in [0.4, 0.5) is 5.69 Å². The number of rotatable bonds is 12. The third kappa shape index (κ3) is 7.31. The van der Waals surface area contributed by atoms with E-state index in [1.165, 1.54) is 34.6 Å². The van der Waals surface area contributed by atoms with Gasteiger partial charge in [-0.05, 0) is 61.3 Å². The van der Waals surface area contributed by atoms with Gasteiger partial charge in [0.1, 0.15) is 11.5 Å². The number of nitrogens with one attached hydrogen (secondary N) is 2. The Kier molecular flexibility index (Phi) is 9.00. The second-order valence-corrected chi connectivity index (χ2v) is 12.2. The van der Waals surface area contributed by atoms with Crippen molar-refractivity contribution in [1.82, 2.24) is 9.62 Å². The molecule has 10 nitrogen and oxygen atoms in total. The maximum atomic E-state index is 13.6. The van der Waals surface area contributed by atoms with E-state index in [2.05, 4.69) is 17.0 Å². The van der Waals surface area contributed by atoms with E-state index in [4.69, 9.17) is 4.74 Å². The van der Waals surface area contributed by atoms with E-state index in [0.717, 1.165) is 19.1 Å². The van der Waals surface area contributed by atoms with Gasteiger partial charge in [0.15, 0.2) is 0 Å². The molecule has 2 aromatic rings. The van der Waals surface area contributed by atoms with Crippen LogP contribution in [0.2, 0.25) is 0 Å². The lowest BCUT2D eigenvalue weighted by Crippen LogP contribution is -2.43. The number of aromatic hydroxyl groups is 1. The standard InChI is InChI=1S/C23H33N3O7S2/c1-3-4-13-33-19-6-8-20(9-7-19)35(31,32)26(18-11-12-24-15-18)16-23(28)17-5-10-22(27)21(14-17)25-34(2,29)30/h5-10,14,18,23-25,27-28H,3-4,11-13,15-16H2,1-2H3. The molecule has 0 aromatic heterocycles. The van der Waals surface area contributed by atoms with Crippen molar-refractivity contribution in [1.29, 1.82) is 0 Å². The number of nitrogens with zero attached hydrogens (tertiary/aromatic N) is 1. The fourth-order valence-corrected chi connectivity index (χ4v) is 6.05. The first-order valence-corrected chi connectivity index (χ1v) is 14.8. The number of hydrogen-bond acceptors (Lipinski definition) is 8. The molecule has 0 amide bonds. The van der Waals surface area contributed by atoms with E-state index in [-0.39, 0.29) is 34.5 Å². The van der Waals surface area contributed by atoms with Crippen LogP contribution < -0.4 is 14.8 Å². The number of aliphatic hydroxyl groups is 1. The van der Waals surface area contributed by atoms with Gasteiger partial charge in [-0.25, -0.2) is 16.8 Å². The molecule has 0 saturated carbocycles. The lowest BCUT2D eigenvalue weighted by molar-refractivity contribution is 0.135. The fourth-order valence-electron chi connectivity index (χ4n) is 3.82. The topological polar surface area (TPSA) is 145 Å². The zero-order chi connectivity index (χ0) is 25.6. The number of hydrogen-bond donors (Lipinski definition) is 4. The lowest BCUT2D eigenvalue weighted by atomic mass is 10.1. The van der Waals surface area contributed by atoms with E-state index in [1.54, 1.807) is 12.1 Å². The summed E-state index contributed by atoms with van der Waals surface area (Å²) in [4.78, 5) is 0.0876. The summed E-state index contributed by atoms with van der Waals surface area (Å²) in [6.07, 6.45) is 2.16. The Morgan fingerprint density at radius 3 is 2.49 bits per heavy atom. The minimum atomic E-state index is -3.96. The first-order valence-electron chi connectivity index (χ1n) is 11.5. The molecule has 35 heavy (non-hydrogen) atoms. The van der Waals surface area contributed by atoms with Crippen LogP contribution in [0.3, 0.4) is 0 Å². The average molecular weight is 528 g/mol. The number of unbranched alkanes of at least 4 members (excludes halogenated alkanes) is 1. The molecule has 1 aliphatic rings. The molecule has 0 radical (unpaired) electrons. The van der Waals surface area contributed by atoms with Crippen LogP contribution in [0.5, 0.6) is 11.5 Å². The predicted molar refractivity (Wildman–Crippen MR) is 134 cm³/mol. The second-order valence-electron chi connectivity index (χ2n) is 8.56. The van der Waals surface area contributed by atoms with Gasteiger partial charge in [-0.3, -0.25) is 4.72 Å². The summed E-state index contributed by atoms with van der Waals surface area (Å²) in [5, 5.41) is 24.1. The first-order chi connectivity index (χ1) is 16.5. The zero-order valence-corrected chi connectivity index (χ0v) is 21.5. The maximum Gasteiger partial charge on any atom is 0.243 e. The van der Waals surface area contributed by atoms with Crippen molar-refractivity contribution in [3.05, 3.63) is 48.0 Å². The normalized spacial score (nSPS) is 17.4. The molecule has 4 N–H and O–H groups in total. The van der Waals surface area contributed by atoms with Crippen molar-refractivity contribution in [3.8, 4) is 11.5 Å². The Morgan fingerprint density at radius 1 is 1.17 bits per heavy atom. The van der Waals surface area contributed by atoms with Gasteiger partial charge in [0.05, 0.1) is 29.5 Å². The molecule has 1 saturated heterocycles. The molecule has 0 spiro atoms. The first kappa shape index (κ1) is 27.2. The molecular weight excluding hydrogens is 494 g/mol. The molecule has 3 rings (SSSR count). The van der Waals surface area contributed by atoms with Gasteiger partial charge in [-0.15, -0.1) is 0 Å². The van der Waals surface area contributed by atoms with Crippen molar-refractivity contribution in [2.24, 2.45) is 0 Å². The van der Waals surface area contributed by atoms with Crippen LogP contribution in [-0.2, 0) is 20.0 Å². The summed E-state index contributed by atoms with van der Waals surface area (Å²) in [7, 11) is -7.62. The number of phenolic OH excluding ortho intramolecular Hbond substituents is 1. The summed E-state index contributed by atoms with van der Waals surface area (Å²) in [5.74, 6) is 0.276. The number of sulfonamides is 2. The van der Waals surface area contributed by atoms with E-state index >= 15 is 0 Å². The largest absolute Gasteiger partial charge is 0.506 e. The van der Waals surface area contributed by atoms with Gasteiger partial charge >= 0.3 is 0 Å². The quantitative estimate of drug-likeness (QED) is 0.242. The Bertz CT molecular complexity index is 1200. The number of anilines is 1. The Morgan fingerprint density at radius 2 is 1.89 bits per heavy atom. The van der Waals surface area contributed by atoms with E-state index in [0.29, 0.717) is 31.9 Å². The Balaban J connectivity index is 1.85. The van der Waals surface area contributed by atoms with Crippen LogP contribution in [0.1, 0.15) is 37.9 Å². The summed E-state index contributed by atoms with van der Waals surface area (Å²) in [6.45, 7) is 3.46. The highest BCUT2D eigenvalue weighted by molar-refractivity contribution is 7.92. The molecule has 194 valence electrons. The predicted octanol–water partition coefficient (Wildman–Crippen LogP) is 2.03. The van der Waals surface area contributed by atoms with Gasteiger partial charge in [0.2, 0.25) is 20.0 Å². The van der Waals surface area contributed by atoms with Crippen LogP contribution in [0.25, 0.3) is 0 Å². The molecule has 12 heteroatoms. The smallest absolute Gasteiger partial charge is 0.243 e. The monoisotopic (exact) mass is 527 g/mol. The Hall–Kier alpha value is -2.38. The van der Waals surface area contributed by atoms with Crippen molar-refractivity contribution >= 4 is 25.7 Å². The van der Waals surface area contributed by atoms with E-state index in [9.17, 15) is 27.0 Å². The van der Waals surface area contributed by atoms with Crippen LogP contribution >= 0.6 is 0 Å². The molecule has 1 aliphatic heterocycles. The maximum absolute atomic E-state index is 13.6. The molecule has 1 fully saturated rings. The van der Waals surface area contributed by atoms with Crippen molar-refractivity contribution in [2.75, 3.05) is 37.2 Å². The van der Waals surface area contributed by atoms with Gasteiger partial charge < -0.3 is 20.3 Å². The minimum Gasteiger partial charge on any atom is -0.506 e. The number of benzene rings is 2. The Labute approximate surface area is 207 Å². The molecule has 2 unspecified atom stereocenters. The van der Waals surface area contributed by atoms with Gasteiger partial charge in [-0.1, -0.05) is 19.4 Å². The number of phenols is 1. The molecule has 2 aromatic carbocycles. The second kappa shape index (κ2) is 11.6. The summed E-state index contributed by atoms with van der Waals surface area (Å²) in [6, 6.07) is 9.83. The average Bonchev–Trinajstić information content (AvgIpc) is 3.32. The summed E-state index contributed by atoms with van der Waals surface area (Å²) < 4.78 is 59.4. The highest BCUT2D eigenvalue weighted by atomic mass is 32.2. The van der Waals surface area contributed by atoms with Gasteiger partial charge in [0.25, 0.3) is 0 Å². The van der Waals surface area contributed by atoms with Gasteiger partial charge in [-0.2, -0.15) is 4.31 Å². The van der Waals surface area contributed by atoms with Gasteiger partial charge in [0, 0.05) is 19.1 Å². The third-order valence-electron chi connectivity index (χ3n) is 5.69. The third-order valence-corrected chi connectivity index (χ3v) is 8.22. The van der Waals surface area contributed by atoms with Crippen molar-refractivity contribution in [2.45, 2.75) is 43.2 Å². The highest BCUT2D eigenvalue weighted by Crippen LogP contribution is 2.30. The van der Waals surface area contributed by atoms with Crippen LogP contribution in [-0.4, -0.2) is 69.9 Å². The number of aliphatic hydroxyl groups excluding tert-OH is 1. The van der Waals surface area contributed by atoms with E-state index in [1.807, 2.05) is 0 Å². The van der Waals surface area contributed by atoms with Crippen molar-refractivity contribution < 1.29 is 31.8 Å². The molecule has 1 heterocycles. The minimum absolute atomic E-state index is 0.0876.